The second-order valence-corrected chi connectivity index (χ2v) is 8.07. The van der Waals surface area contributed by atoms with Crippen LogP contribution in [0.2, 0.25) is 0 Å². The first-order chi connectivity index (χ1) is 15.2. The predicted octanol–water partition coefficient (Wildman–Crippen LogP) is -2.62. The van der Waals surface area contributed by atoms with E-state index in [0.29, 0.717) is 19.8 Å². The number of phosphoric acid groups is 3. The Morgan fingerprint density at radius 2 is 0.714 bits per heavy atom. The van der Waals surface area contributed by atoms with Gasteiger partial charge in [-0.1, -0.05) is 0 Å². The second-order valence-electron chi connectivity index (χ2n) is 4.75. The van der Waals surface area contributed by atoms with E-state index in [1.54, 1.807) is 20.8 Å². The Labute approximate surface area is 226 Å². The minimum Gasteiger partial charge on any atom is -0.780 e. The van der Waals surface area contributed by atoms with Crippen LogP contribution in [0.15, 0.2) is 37.0 Å². The van der Waals surface area contributed by atoms with Crippen LogP contribution in [0.5, 0.6) is 0 Å². The fourth-order valence-corrected chi connectivity index (χ4v) is 1.73. The molecule has 0 N–H and O–H groups in total. The number of rotatable bonds is 15. The third-order valence-corrected chi connectivity index (χ3v) is 3.25. The van der Waals surface area contributed by atoms with E-state index in [1.807, 2.05) is 0 Å². The number of hydrogen-bond acceptors (Lipinski definition) is 15. The fraction of sp³-hybridized carbons (Fsp3) is 0.600. The van der Waals surface area contributed by atoms with E-state index in [-0.39, 0.29) is 54.5 Å². The molecule has 0 heterocycles. The van der Waals surface area contributed by atoms with Gasteiger partial charge in [0.05, 0.1) is 38.6 Å². The molecule has 0 saturated carbocycles. The normalized spacial score (nSPS) is 11.6. The topological polar surface area (TPSA) is 245 Å². The molecule has 0 aliphatic heterocycles. The molecule has 0 bridgehead atoms. The van der Waals surface area contributed by atoms with Crippen molar-refractivity contribution in [1.82, 2.24) is 0 Å². The van der Waals surface area contributed by atoms with E-state index >= 15 is 0 Å². The zero-order valence-electron chi connectivity index (χ0n) is 19.3. The van der Waals surface area contributed by atoms with Crippen molar-refractivity contribution in [2.45, 2.75) is 20.8 Å². The summed E-state index contributed by atoms with van der Waals surface area (Å²) >= 11 is 0. The minimum absolute atomic E-state index is 0. The van der Waals surface area contributed by atoms with Crippen molar-refractivity contribution >= 4 is 58.2 Å². The Morgan fingerprint density at radius 3 is 0.857 bits per heavy atom. The van der Waals surface area contributed by atoms with Gasteiger partial charge in [-0.25, -0.2) is 0 Å². The summed E-state index contributed by atoms with van der Waals surface area (Å²) in [7, 11) is -14.6. The van der Waals surface area contributed by atoms with Crippen LogP contribution in [0, 0.1) is 0 Å². The summed E-state index contributed by atoms with van der Waals surface area (Å²) in [6.45, 7) is 7.65. The van der Waals surface area contributed by atoms with Crippen molar-refractivity contribution in [2.75, 3.05) is 39.6 Å². The van der Waals surface area contributed by atoms with Crippen LogP contribution in [0.25, 0.3) is 0 Å². The first-order valence-electron chi connectivity index (χ1n) is 8.98. The molecule has 0 rings (SSSR count). The molecule has 0 aliphatic carbocycles. The standard InChI is InChI=1S/3C5H11O5P.2Al/c3*1-2-9-4-3-5-10-11(6,7)8;;/h3*3,5H,2,4H2,1H3,(H2,6,7,8);;/q;;;2*+3/p-6. The van der Waals surface area contributed by atoms with Gasteiger partial charge in [0.25, 0.3) is 0 Å². The quantitative estimate of drug-likeness (QED) is 0.0815. The monoisotopic (exact) mass is 594 g/mol. The van der Waals surface area contributed by atoms with Gasteiger partial charge in [0.15, 0.2) is 0 Å². The predicted molar refractivity (Wildman–Crippen MR) is 114 cm³/mol. The molecule has 0 saturated heterocycles. The number of hydrogen-bond donors (Lipinski definition) is 0. The number of ether oxygens (including phenoxy) is 3. The van der Waals surface area contributed by atoms with Crippen LogP contribution in [-0.2, 0) is 41.5 Å². The average molecular weight is 594 g/mol. The molecule has 0 aromatic heterocycles. The van der Waals surface area contributed by atoms with Crippen LogP contribution in [0.3, 0.4) is 0 Å². The Hall–Kier alpha value is 0.0149. The maximum atomic E-state index is 9.82. The molecule has 0 unspecified atom stereocenters. The fourth-order valence-electron chi connectivity index (χ4n) is 1.03. The van der Waals surface area contributed by atoms with Gasteiger partial charge >= 0.3 is 34.7 Å². The molecule has 35 heavy (non-hydrogen) atoms. The summed E-state index contributed by atoms with van der Waals surface area (Å²) in [4.78, 5) is 58.9. The molecule has 0 spiro atoms. The zero-order chi connectivity index (χ0) is 26.2. The molecule has 0 aromatic carbocycles. The maximum Gasteiger partial charge on any atom is 3.00 e. The van der Waals surface area contributed by atoms with E-state index < -0.39 is 23.5 Å². The largest absolute Gasteiger partial charge is 3.00 e. The molecule has 20 heteroatoms. The summed E-state index contributed by atoms with van der Waals surface area (Å²) in [5.74, 6) is 0. The molecule has 0 aliphatic rings. The van der Waals surface area contributed by atoms with Crippen molar-refractivity contribution in [1.29, 1.82) is 0 Å². The van der Waals surface area contributed by atoms with Gasteiger partial charge in [0.2, 0.25) is 0 Å². The Balaban J connectivity index is -0.000000125. The third kappa shape index (κ3) is 60.5. The summed E-state index contributed by atoms with van der Waals surface area (Å²) in [5, 5.41) is 0. The van der Waals surface area contributed by atoms with Gasteiger partial charge < -0.3 is 70.8 Å². The van der Waals surface area contributed by atoms with Crippen LogP contribution in [0.1, 0.15) is 20.8 Å². The van der Waals surface area contributed by atoms with Crippen molar-refractivity contribution < 1.29 is 70.8 Å². The second kappa shape index (κ2) is 28.6. The molecular weight excluding hydrogens is 567 g/mol. The molecular formula is C15H27Al2O15P3. The van der Waals surface area contributed by atoms with Gasteiger partial charge in [0, 0.05) is 19.8 Å². The zero-order valence-corrected chi connectivity index (χ0v) is 24.3. The Kier molecular flexibility index (Phi) is 36.7. The first kappa shape index (κ1) is 45.0. The van der Waals surface area contributed by atoms with Crippen LogP contribution < -0.4 is 29.4 Å². The van der Waals surface area contributed by atoms with Crippen molar-refractivity contribution in [3.8, 4) is 0 Å². The Bertz CT molecular complexity index is 582. The van der Waals surface area contributed by atoms with Gasteiger partial charge in [-0.05, 0) is 39.0 Å². The van der Waals surface area contributed by atoms with Crippen LogP contribution >= 0.6 is 23.5 Å². The molecule has 0 radical (unpaired) electrons. The molecule has 0 amide bonds. The van der Waals surface area contributed by atoms with E-state index in [1.165, 1.54) is 18.2 Å². The van der Waals surface area contributed by atoms with Crippen LogP contribution in [0.4, 0.5) is 0 Å². The molecule has 15 nitrogen and oxygen atoms in total. The molecule has 0 atom stereocenters. The van der Waals surface area contributed by atoms with E-state index in [4.69, 9.17) is 14.2 Å². The smallest absolute Gasteiger partial charge is 0.780 e. The number of phosphoric ester groups is 3. The summed E-state index contributed by atoms with van der Waals surface area (Å²) in [6, 6.07) is 0. The van der Waals surface area contributed by atoms with Crippen molar-refractivity contribution in [3.63, 3.8) is 0 Å². The van der Waals surface area contributed by atoms with Gasteiger partial charge in [-0.2, -0.15) is 0 Å². The van der Waals surface area contributed by atoms with Gasteiger partial charge in [-0.3, -0.25) is 0 Å². The van der Waals surface area contributed by atoms with Crippen molar-refractivity contribution in [3.05, 3.63) is 37.0 Å². The maximum absolute atomic E-state index is 9.82. The molecule has 0 fully saturated rings. The van der Waals surface area contributed by atoms with Crippen LogP contribution in [-0.4, -0.2) is 74.4 Å². The summed E-state index contributed by atoms with van der Waals surface area (Å²) in [6.07, 6.45) is 6.30. The summed E-state index contributed by atoms with van der Waals surface area (Å²) < 4.78 is 55.1. The molecule has 0 aromatic rings. The first-order valence-corrected chi connectivity index (χ1v) is 13.4. The molecule has 198 valence electrons. The van der Waals surface area contributed by atoms with Gasteiger partial charge in [0.1, 0.15) is 23.5 Å². The summed E-state index contributed by atoms with van der Waals surface area (Å²) in [5.41, 5.74) is 0. The van der Waals surface area contributed by atoms with Gasteiger partial charge in [-0.15, -0.1) is 0 Å². The van der Waals surface area contributed by atoms with E-state index in [2.05, 4.69) is 13.6 Å². The third-order valence-electron chi connectivity index (χ3n) is 2.11. The van der Waals surface area contributed by atoms with E-state index in [9.17, 15) is 43.1 Å². The van der Waals surface area contributed by atoms with E-state index in [0.717, 1.165) is 18.8 Å². The average Bonchev–Trinajstić information content (AvgIpc) is 2.66. The Morgan fingerprint density at radius 1 is 0.514 bits per heavy atom. The minimum atomic E-state index is -4.86. The van der Waals surface area contributed by atoms with Crippen molar-refractivity contribution in [2.24, 2.45) is 0 Å². The SMILES string of the molecule is CCOCC=COP(=O)([O-])[O-].CCOCC=COP(=O)([O-])[O-].CCOCC=COP(=O)([O-])[O-].[Al+3].[Al+3].